The van der Waals surface area contributed by atoms with Crippen LogP contribution in [0.1, 0.15) is 31.2 Å². The zero-order valence-electron chi connectivity index (χ0n) is 12.6. The lowest BCUT2D eigenvalue weighted by Crippen LogP contribution is -2.33. The number of nitrogens with zero attached hydrogens (tertiary/aromatic N) is 1. The van der Waals surface area contributed by atoms with E-state index < -0.39 is 0 Å². The Balaban J connectivity index is 1.58. The minimum atomic E-state index is 0.779. The third-order valence-corrected chi connectivity index (χ3v) is 4.66. The van der Waals surface area contributed by atoms with Crippen molar-refractivity contribution in [2.45, 2.75) is 32.6 Å². The summed E-state index contributed by atoms with van der Waals surface area (Å²) in [5.74, 6) is 0.779. The van der Waals surface area contributed by atoms with E-state index in [9.17, 15) is 0 Å². The van der Waals surface area contributed by atoms with E-state index >= 15 is 0 Å². The van der Waals surface area contributed by atoms with Gasteiger partial charge in [0.15, 0.2) is 0 Å². The fourth-order valence-corrected chi connectivity index (χ4v) is 3.37. The Kier molecular flexibility index (Phi) is 4.46. The van der Waals surface area contributed by atoms with Crippen molar-refractivity contribution in [3.63, 3.8) is 0 Å². The SMILES string of the molecule is Cc1cc(N2CCCC2)ccc1NCC1CCCNC1. The summed E-state index contributed by atoms with van der Waals surface area (Å²) in [5.41, 5.74) is 4.07. The lowest BCUT2D eigenvalue weighted by Gasteiger charge is -2.24. The molecule has 0 bridgehead atoms. The summed E-state index contributed by atoms with van der Waals surface area (Å²) in [6.45, 7) is 8.12. The van der Waals surface area contributed by atoms with Crippen LogP contribution >= 0.6 is 0 Å². The molecule has 1 atom stereocenters. The monoisotopic (exact) mass is 273 g/mol. The molecule has 0 aliphatic carbocycles. The molecule has 3 nitrogen and oxygen atoms in total. The summed E-state index contributed by atoms with van der Waals surface area (Å²) in [6.07, 6.45) is 5.35. The van der Waals surface area contributed by atoms with Crippen molar-refractivity contribution in [1.29, 1.82) is 0 Å². The molecule has 0 spiro atoms. The largest absolute Gasteiger partial charge is 0.385 e. The quantitative estimate of drug-likeness (QED) is 0.883. The Hall–Kier alpha value is -1.22. The highest BCUT2D eigenvalue weighted by Gasteiger charge is 2.15. The first kappa shape index (κ1) is 13.7. The molecule has 1 aromatic carbocycles. The molecule has 20 heavy (non-hydrogen) atoms. The fourth-order valence-electron chi connectivity index (χ4n) is 3.37. The molecule has 2 aliphatic heterocycles. The van der Waals surface area contributed by atoms with Crippen LogP contribution in [0.25, 0.3) is 0 Å². The molecule has 2 N–H and O–H groups in total. The Morgan fingerprint density at radius 2 is 2.10 bits per heavy atom. The number of benzene rings is 1. The van der Waals surface area contributed by atoms with Crippen molar-refractivity contribution in [3.05, 3.63) is 23.8 Å². The summed E-state index contributed by atoms with van der Waals surface area (Å²) < 4.78 is 0. The molecule has 2 aliphatic rings. The molecular formula is C17H27N3. The molecule has 0 aromatic heterocycles. The first-order valence-corrected chi connectivity index (χ1v) is 8.13. The van der Waals surface area contributed by atoms with Crippen LogP contribution in [0.15, 0.2) is 18.2 Å². The lowest BCUT2D eigenvalue weighted by molar-refractivity contribution is 0.393. The molecular weight excluding hydrogens is 246 g/mol. The van der Waals surface area contributed by atoms with Crippen LogP contribution in [-0.2, 0) is 0 Å². The number of hydrogen-bond donors (Lipinski definition) is 2. The number of aryl methyl sites for hydroxylation is 1. The average molecular weight is 273 g/mol. The molecule has 0 saturated carbocycles. The Bertz CT molecular complexity index is 432. The number of anilines is 2. The second kappa shape index (κ2) is 6.49. The summed E-state index contributed by atoms with van der Waals surface area (Å²) in [5, 5.41) is 7.13. The van der Waals surface area contributed by atoms with Crippen LogP contribution in [0.2, 0.25) is 0 Å². The number of rotatable bonds is 4. The molecule has 110 valence electrons. The van der Waals surface area contributed by atoms with Gasteiger partial charge in [0.05, 0.1) is 0 Å². The lowest BCUT2D eigenvalue weighted by atomic mass is 9.99. The molecule has 2 heterocycles. The van der Waals surface area contributed by atoms with E-state index in [0.717, 1.165) is 19.0 Å². The van der Waals surface area contributed by atoms with Gasteiger partial charge in [-0.2, -0.15) is 0 Å². The minimum absolute atomic E-state index is 0.779. The van der Waals surface area contributed by atoms with Crippen LogP contribution in [0.3, 0.4) is 0 Å². The maximum Gasteiger partial charge on any atom is 0.0371 e. The predicted molar refractivity (Wildman–Crippen MR) is 86.7 cm³/mol. The summed E-state index contributed by atoms with van der Waals surface area (Å²) in [4.78, 5) is 2.50. The average Bonchev–Trinajstić information content (AvgIpc) is 3.01. The first-order valence-electron chi connectivity index (χ1n) is 8.13. The van der Waals surface area contributed by atoms with Crippen molar-refractivity contribution in [2.75, 3.05) is 42.9 Å². The van der Waals surface area contributed by atoms with Crippen LogP contribution in [0.4, 0.5) is 11.4 Å². The van der Waals surface area contributed by atoms with Gasteiger partial charge in [-0.15, -0.1) is 0 Å². The first-order chi connectivity index (χ1) is 9.83. The summed E-state index contributed by atoms with van der Waals surface area (Å²) >= 11 is 0. The van der Waals surface area contributed by atoms with Crippen molar-refractivity contribution in [3.8, 4) is 0 Å². The van der Waals surface area contributed by atoms with E-state index in [-0.39, 0.29) is 0 Å². The van der Waals surface area contributed by atoms with E-state index in [1.165, 1.54) is 62.3 Å². The highest BCUT2D eigenvalue weighted by Crippen LogP contribution is 2.25. The fraction of sp³-hybridized carbons (Fsp3) is 0.647. The summed E-state index contributed by atoms with van der Waals surface area (Å²) in [7, 11) is 0. The van der Waals surface area contributed by atoms with Crippen molar-refractivity contribution in [1.82, 2.24) is 5.32 Å². The van der Waals surface area contributed by atoms with Gasteiger partial charge in [0.2, 0.25) is 0 Å². The van der Waals surface area contributed by atoms with Crippen molar-refractivity contribution in [2.24, 2.45) is 5.92 Å². The molecule has 2 saturated heterocycles. The van der Waals surface area contributed by atoms with Gasteiger partial charge in [-0.1, -0.05) is 0 Å². The third kappa shape index (κ3) is 3.26. The van der Waals surface area contributed by atoms with Crippen LogP contribution in [0, 0.1) is 12.8 Å². The minimum Gasteiger partial charge on any atom is -0.385 e. The number of hydrogen-bond acceptors (Lipinski definition) is 3. The zero-order valence-corrected chi connectivity index (χ0v) is 12.6. The van der Waals surface area contributed by atoms with E-state index in [1.54, 1.807) is 0 Å². The molecule has 1 aromatic rings. The summed E-state index contributed by atoms with van der Waals surface area (Å²) in [6, 6.07) is 6.88. The highest BCUT2D eigenvalue weighted by atomic mass is 15.1. The van der Waals surface area contributed by atoms with Crippen molar-refractivity contribution < 1.29 is 0 Å². The smallest absolute Gasteiger partial charge is 0.0371 e. The second-order valence-corrected chi connectivity index (χ2v) is 6.29. The molecule has 2 fully saturated rings. The van der Waals surface area contributed by atoms with Gasteiger partial charge < -0.3 is 15.5 Å². The maximum absolute atomic E-state index is 3.64. The van der Waals surface area contributed by atoms with Gasteiger partial charge in [0.25, 0.3) is 0 Å². The number of nitrogens with one attached hydrogen (secondary N) is 2. The standard InChI is InChI=1S/C17H27N3/c1-14-11-16(20-9-2-3-10-20)6-7-17(14)19-13-15-5-4-8-18-12-15/h6-7,11,15,18-19H,2-5,8-10,12-13H2,1H3. The van der Waals surface area contributed by atoms with Gasteiger partial charge in [-0.3, -0.25) is 0 Å². The maximum atomic E-state index is 3.64. The zero-order chi connectivity index (χ0) is 13.8. The number of piperidine rings is 1. The normalized spacial score (nSPS) is 23.1. The van der Waals surface area contributed by atoms with Gasteiger partial charge in [-0.25, -0.2) is 0 Å². The third-order valence-electron chi connectivity index (χ3n) is 4.66. The molecule has 0 radical (unpaired) electrons. The van der Waals surface area contributed by atoms with E-state index in [4.69, 9.17) is 0 Å². The Labute approximate surface area is 122 Å². The molecule has 1 unspecified atom stereocenters. The van der Waals surface area contributed by atoms with Gasteiger partial charge in [0, 0.05) is 31.0 Å². The molecule has 3 heteroatoms. The topological polar surface area (TPSA) is 27.3 Å². The second-order valence-electron chi connectivity index (χ2n) is 6.29. The van der Waals surface area contributed by atoms with Crippen LogP contribution in [-0.4, -0.2) is 32.7 Å². The van der Waals surface area contributed by atoms with E-state index in [1.807, 2.05) is 0 Å². The van der Waals surface area contributed by atoms with Gasteiger partial charge >= 0.3 is 0 Å². The van der Waals surface area contributed by atoms with Crippen LogP contribution in [0.5, 0.6) is 0 Å². The molecule has 3 rings (SSSR count). The Morgan fingerprint density at radius 1 is 1.25 bits per heavy atom. The van der Waals surface area contributed by atoms with Crippen molar-refractivity contribution >= 4 is 11.4 Å². The van der Waals surface area contributed by atoms with Crippen LogP contribution < -0.4 is 15.5 Å². The van der Waals surface area contributed by atoms with Gasteiger partial charge in [-0.05, 0) is 75.4 Å². The Morgan fingerprint density at radius 3 is 2.80 bits per heavy atom. The highest BCUT2D eigenvalue weighted by molar-refractivity contribution is 5.60. The predicted octanol–water partition coefficient (Wildman–Crippen LogP) is 3.01. The van der Waals surface area contributed by atoms with E-state index in [0.29, 0.717) is 0 Å². The van der Waals surface area contributed by atoms with E-state index in [2.05, 4.69) is 40.7 Å². The van der Waals surface area contributed by atoms with Gasteiger partial charge in [0.1, 0.15) is 0 Å². The molecule has 0 amide bonds.